The fourth-order valence-electron chi connectivity index (χ4n) is 5.70. The van der Waals surface area contributed by atoms with Crippen LogP contribution >= 0.6 is 27.3 Å². The maximum absolute atomic E-state index is 14.1. The second-order valence-corrected chi connectivity index (χ2v) is 12.3. The molecule has 1 aromatic heterocycles. The van der Waals surface area contributed by atoms with Gasteiger partial charge in [0.15, 0.2) is 4.80 Å². The molecular weight excluding hydrogens is 608 g/mol. The van der Waals surface area contributed by atoms with E-state index in [-0.39, 0.29) is 11.6 Å². The molecule has 0 radical (unpaired) electrons. The molecule has 0 spiro atoms. The third kappa shape index (κ3) is 5.03. The highest BCUT2D eigenvalue weighted by atomic mass is 79.9. The Morgan fingerprint density at radius 2 is 1.76 bits per heavy atom. The van der Waals surface area contributed by atoms with Crippen molar-refractivity contribution in [1.82, 2.24) is 4.57 Å². The summed E-state index contributed by atoms with van der Waals surface area (Å²) in [6.45, 7) is 0.466. The van der Waals surface area contributed by atoms with Crippen LogP contribution in [0.3, 0.4) is 0 Å². The smallest absolute Gasteiger partial charge is 0.271 e. The predicted octanol–water partition coefficient (Wildman–Crippen LogP) is 6.67. The van der Waals surface area contributed by atoms with Gasteiger partial charge in [-0.15, -0.1) is 0 Å². The number of ether oxygens (including phenoxy) is 2. The van der Waals surface area contributed by atoms with Gasteiger partial charge in [-0.1, -0.05) is 87.9 Å². The van der Waals surface area contributed by atoms with Crippen LogP contribution in [0, 0.1) is 0 Å². The van der Waals surface area contributed by atoms with E-state index in [1.54, 1.807) is 7.11 Å². The molecule has 0 saturated carbocycles. The average molecular weight is 636 g/mol. The SMILES string of the molecule is COc1ccc([C@@H]2C3=C(N=c4s/c(=C/c5cccc(OCc6ccc(Br)cc6)c5)c(=O)n42)c2ccccc2CC3)cc1. The van der Waals surface area contributed by atoms with Crippen LogP contribution in [0.15, 0.2) is 117 Å². The number of fused-ring (bicyclic) bond motifs is 3. The van der Waals surface area contributed by atoms with Crippen LogP contribution in [0.5, 0.6) is 11.5 Å². The van der Waals surface area contributed by atoms with Crippen LogP contribution in [-0.2, 0) is 13.0 Å². The Hall–Kier alpha value is -4.20. The molecule has 208 valence electrons. The molecule has 0 unspecified atom stereocenters. The molecule has 0 amide bonds. The Bertz CT molecular complexity index is 2010. The fourth-order valence-corrected chi connectivity index (χ4v) is 6.97. The van der Waals surface area contributed by atoms with Crippen LogP contribution in [0.2, 0.25) is 0 Å². The van der Waals surface area contributed by atoms with Crippen molar-refractivity contribution in [3.05, 3.63) is 155 Å². The van der Waals surface area contributed by atoms with E-state index >= 15 is 0 Å². The Kier molecular flexibility index (Phi) is 7.14. The van der Waals surface area contributed by atoms with Gasteiger partial charge in [0.05, 0.1) is 23.4 Å². The first-order valence-corrected chi connectivity index (χ1v) is 15.4. The monoisotopic (exact) mass is 634 g/mol. The first kappa shape index (κ1) is 26.7. The fraction of sp³-hybridized carbons (Fsp3) is 0.143. The van der Waals surface area contributed by atoms with Gasteiger partial charge in [-0.05, 0) is 83.1 Å². The molecule has 0 bridgehead atoms. The average Bonchev–Trinajstić information content (AvgIpc) is 3.34. The molecule has 4 aromatic carbocycles. The molecular formula is C35H27BrN2O3S. The van der Waals surface area contributed by atoms with Crippen LogP contribution in [0.25, 0.3) is 11.8 Å². The zero-order valence-corrected chi connectivity index (χ0v) is 25.3. The maximum Gasteiger partial charge on any atom is 0.271 e. The second kappa shape index (κ2) is 11.2. The van der Waals surface area contributed by atoms with E-state index in [0.29, 0.717) is 15.9 Å². The third-order valence-corrected chi connectivity index (χ3v) is 9.29. The summed E-state index contributed by atoms with van der Waals surface area (Å²) >= 11 is 4.91. The van der Waals surface area contributed by atoms with E-state index in [4.69, 9.17) is 14.5 Å². The zero-order valence-electron chi connectivity index (χ0n) is 22.9. The normalized spacial score (nSPS) is 15.9. The largest absolute Gasteiger partial charge is 0.497 e. The summed E-state index contributed by atoms with van der Waals surface area (Å²) in [6, 6.07) is 32.2. The van der Waals surface area contributed by atoms with Crippen molar-refractivity contribution < 1.29 is 9.47 Å². The standard InChI is InChI=1S/C35H27BrN2O3S/c1-40-27-16-11-25(12-17-27)33-30-18-13-24-6-2-3-8-29(24)32(30)37-35-38(33)34(39)31(42-35)20-23-5-4-7-28(19-23)41-21-22-9-14-26(36)15-10-22/h2-12,14-17,19-20,33H,13,18,21H2,1H3/b31-20+/t33-/m1/s1. The summed E-state index contributed by atoms with van der Waals surface area (Å²) in [6.07, 6.45) is 3.72. The van der Waals surface area contributed by atoms with Gasteiger partial charge in [0, 0.05) is 10.0 Å². The number of hydrogen-bond donors (Lipinski definition) is 0. The van der Waals surface area contributed by atoms with Gasteiger partial charge in [-0.25, -0.2) is 4.99 Å². The number of allylic oxidation sites excluding steroid dienone is 1. The quantitative estimate of drug-likeness (QED) is 0.210. The van der Waals surface area contributed by atoms with Crippen molar-refractivity contribution in [3.8, 4) is 11.5 Å². The predicted molar refractivity (Wildman–Crippen MR) is 171 cm³/mol. The van der Waals surface area contributed by atoms with Crippen LogP contribution in [0.4, 0.5) is 0 Å². The minimum atomic E-state index is -0.224. The Morgan fingerprint density at radius 1 is 0.952 bits per heavy atom. The lowest BCUT2D eigenvalue weighted by molar-refractivity contribution is 0.306. The van der Waals surface area contributed by atoms with E-state index in [1.165, 1.54) is 22.5 Å². The minimum Gasteiger partial charge on any atom is -0.497 e. The van der Waals surface area contributed by atoms with Crippen molar-refractivity contribution in [2.75, 3.05) is 7.11 Å². The minimum absolute atomic E-state index is 0.0360. The Morgan fingerprint density at radius 3 is 2.57 bits per heavy atom. The number of aromatic nitrogens is 1. The molecule has 2 aliphatic rings. The van der Waals surface area contributed by atoms with Gasteiger partial charge < -0.3 is 9.47 Å². The van der Waals surface area contributed by atoms with E-state index < -0.39 is 0 Å². The Labute approximate surface area is 255 Å². The third-order valence-electron chi connectivity index (χ3n) is 7.78. The highest BCUT2D eigenvalue weighted by Gasteiger charge is 2.32. The summed E-state index contributed by atoms with van der Waals surface area (Å²) in [5, 5.41) is 0. The first-order chi connectivity index (χ1) is 20.6. The molecule has 1 aliphatic carbocycles. The molecule has 7 rings (SSSR count). The molecule has 1 atom stereocenters. The van der Waals surface area contributed by atoms with E-state index in [2.05, 4.69) is 52.3 Å². The number of thiazole rings is 1. The highest BCUT2D eigenvalue weighted by Crippen LogP contribution is 2.41. The van der Waals surface area contributed by atoms with Crippen molar-refractivity contribution in [1.29, 1.82) is 0 Å². The number of rotatable bonds is 6. The van der Waals surface area contributed by atoms with Crippen LogP contribution in [-0.4, -0.2) is 11.7 Å². The van der Waals surface area contributed by atoms with Gasteiger partial charge in [-0.3, -0.25) is 9.36 Å². The molecule has 0 saturated heterocycles. The second-order valence-electron chi connectivity index (χ2n) is 10.4. The number of hydrogen-bond acceptors (Lipinski definition) is 5. The summed E-state index contributed by atoms with van der Waals surface area (Å²) < 4.78 is 15.0. The van der Waals surface area contributed by atoms with E-state index in [1.807, 2.05) is 71.3 Å². The van der Waals surface area contributed by atoms with Crippen LogP contribution < -0.4 is 24.4 Å². The molecule has 2 heterocycles. The first-order valence-electron chi connectivity index (χ1n) is 13.8. The summed E-state index contributed by atoms with van der Waals surface area (Å²) in [7, 11) is 1.66. The number of methoxy groups -OCH3 is 1. The number of benzene rings is 4. The zero-order chi connectivity index (χ0) is 28.6. The van der Waals surface area contributed by atoms with Crippen molar-refractivity contribution in [2.24, 2.45) is 4.99 Å². The molecule has 7 heteroatoms. The van der Waals surface area contributed by atoms with Crippen molar-refractivity contribution in [3.63, 3.8) is 0 Å². The van der Waals surface area contributed by atoms with Crippen LogP contribution in [0.1, 0.15) is 40.3 Å². The Balaban J connectivity index is 1.30. The van der Waals surface area contributed by atoms with Gasteiger partial charge in [0.1, 0.15) is 18.1 Å². The topological polar surface area (TPSA) is 52.8 Å². The molecule has 0 N–H and O–H groups in total. The molecule has 5 aromatic rings. The van der Waals surface area contributed by atoms with E-state index in [0.717, 1.165) is 56.8 Å². The van der Waals surface area contributed by atoms with Gasteiger partial charge in [-0.2, -0.15) is 0 Å². The van der Waals surface area contributed by atoms with Gasteiger partial charge >= 0.3 is 0 Å². The molecule has 5 nitrogen and oxygen atoms in total. The van der Waals surface area contributed by atoms with Crippen molar-refractivity contribution in [2.45, 2.75) is 25.5 Å². The number of aryl methyl sites for hydroxylation is 1. The lowest BCUT2D eigenvalue weighted by Gasteiger charge is -2.30. The molecule has 0 fully saturated rings. The molecule has 42 heavy (non-hydrogen) atoms. The summed E-state index contributed by atoms with van der Waals surface area (Å²) in [4.78, 5) is 19.9. The lowest BCUT2D eigenvalue weighted by atomic mass is 9.83. The molecule has 1 aliphatic heterocycles. The lowest BCUT2D eigenvalue weighted by Crippen LogP contribution is -2.38. The summed E-state index contributed by atoms with van der Waals surface area (Å²) in [5.41, 5.74) is 7.64. The van der Waals surface area contributed by atoms with Gasteiger partial charge in [0.2, 0.25) is 0 Å². The number of nitrogens with zero attached hydrogens (tertiary/aromatic N) is 2. The highest BCUT2D eigenvalue weighted by molar-refractivity contribution is 9.10. The van der Waals surface area contributed by atoms with E-state index in [9.17, 15) is 4.79 Å². The number of halogens is 1. The van der Waals surface area contributed by atoms with Gasteiger partial charge in [0.25, 0.3) is 5.56 Å². The maximum atomic E-state index is 14.1. The summed E-state index contributed by atoms with van der Waals surface area (Å²) in [5.74, 6) is 1.54. The van der Waals surface area contributed by atoms with Crippen molar-refractivity contribution >= 4 is 39.0 Å².